The van der Waals surface area contributed by atoms with E-state index < -0.39 is 0 Å². The van der Waals surface area contributed by atoms with Crippen molar-refractivity contribution in [2.75, 3.05) is 5.73 Å². The zero-order valence-corrected chi connectivity index (χ0v) is 7.20. The van der Waals surface area contributed by atoms with Gasteiger partial charge in [0.05, 0.1) is 6.33 Å². The Bertz CT molecular complexity index is 356. The number of nitrogens with zero attached hydrogens (tertiary/aromatic N) is 3. The maximum atomic E-state index is 5.48. The summed E-state index contributed by atoms with van der Waals surface area (Å²) in [6.45, 7) is 0. The van der Waals surface area contributed by atoms with Crippen LogP contribution >= 0.6 is 17.0 Å². The molecular formula is C5H6BrN5. The quantitative estimate of drug-likeness (QED) is 0.672. The standard InChI is InChI=1S/C5H5N5.BrH/c6-4-3-5(9-1-7-3)10-2-8-4;/h1-2H,(H3,6,7,8,9,10);1H. The molecule has 11 heavy (non-hydrogen) atoms. The minimum atomic E-state index is 0. The number of hydrogen-bond donors (Lipinski definition) is 2. The topological polar surface area (TPSA) is 80.5 Å². The Kier molecular flexibility index (Phi) is 2.04. The van der Waals surface area contributed by atoms with E-state index in [2.05, 4.69) is 19.9 Å². The van der Waals surface area contributed by atoms with Gasteiger partial charge >= 0.3 is 0 Å². The van der Waals surface area contributed by atoms with Gasteiger partial charge in [0.25, 0.3) is 0 Å². The normalized spacial score (nSPS) is 9.45. The monoisotopic (exact) mass is 215 g/mol. The number of imidazole rings is 1. The molecule has 2 aromatic heterocycles. The molecule has 2 aromatic rings. The SMILES string of the molecule is Br.Nc1ncnc2nc[nH]c12. The average Bonchev–Trinajstić information content (AvgIpc) is 2.36. The molecule has 0 saturated carbocycles. The molecule has 0 spiro atoms. The van der Waals surface area contributed by atoms with Gasteiger partial charge in [-0.25, -0.2) is 15.0 Å². The van der Waals surface area contributed by atoms with E-state index in [-0.39, 0.29) is 17.0 Å². The summed E-state index contributed by atoms with van der Waals surface area (Å²) in [6.07, 6.45) is 2.92. The first-order valence-electron chi connectivity index (χ1n) is 2.77. The van der Waals surface area contributed by atoms with E-state index in [1.807, 2.05) is 0 Å². The number of fused-ring (bicyclic) bond motifs is 1. The van der Waals surface area contributed by atoms with Crippen LogP contribution in [0.2, 0.25) is 0 Å². The van der Waals surface area contributed by atoms with Crippen molar-refractivity contribution in [1.82, 2.24) is 19.9 Å². The molecule has 0 aliphatic carbocycles. The molecule has 0 radical (unpaired) electrons. The van der Waals surface area contributed by atoms with Gasteiger partial charge in [0.2, 0.25) is 0 Å². The molecular weight excluding hydrogens is 210 g/mol. The minimum absolute atomic E-state index is 0. The number of nitrogens with one attached hydrogen (secondary N) is 1. The molecule has 3 N–H and O–H groups in total. The molecule has 2 heterocycles. The second kappa shape index (κ2) is 2.83. The van der Waals surface area contributed by atoms with Gasteiger partial charge in [-0.15, -0.1) is 17.0 Å². The number of anilines is 1. The molecule has 0 atom stereocenters. The van der Waals surface area contributed by atoms with E-state index >= 15 is 0 Å². The fourth-order valence-electron chi connectivity index (χ4n) is 0.784. The number of aromatic nitrogens is 4. The highest BCUT2D eigenvalue weighted by Crippen LogP contribution is 2.09. The number of nitrogen functional groups attached to an aromatic ring is 1. The van der Waals surface area contributed by atoms with Gasteiger partial charge in [-0.05, 0) is 0 Å². The van der Waals surface area contributed by atoms with Crippen LogP contribution in [0.4, 0.5) is 5.82 Å². The number of aromatic amines is 1. The Hall–Kier alpha value is -1.17. The van der Waals surface area contributed by atoms with Crippen molar-refractivity contribution in [3.63, 3.8) is 0 Å². The second-order valence-electron chi connectivity index (χ2n) is 1.86. The Balaban J connectivity index is 0.000000605. The summed E-state index contributed by atoms with van der Waals surface area (Å²) < 4.78 is 0. The predicted molar refractivity (Wildman–Crippen MR) is 46.4 cm³/mol. The number of halogens is 1. The van der Waals surface area contributed by atoms with Gasteiger partial charge in [0, 0.05) is 0 Å². The van der Waals surface area contributed by atoms with Crippen molar-refractivity contribution in [1.29, 1.82) is 0 Å². The van der Waals surface area contributed by atoms with Crippen LogP contribution in [0.5, 0.6) is 0 Å². The van der Waals surface area contributed by atoms with E-state index in [9.17, 15) is 0 Å². The molecule has 0 fully saturated rings. The fourth-order valence-corrected chi connectivity index (χ4v) is 0.784. The van der Waals surface area contributed by atoms with Crippen molar-refractivity contribution in [2.45, 2.75) is 0 Å². The molecule has 0 aliphatic rings. The van der Waals surface area contributed by atoms with E-state index in [0.29, 0.717) is 17.0 Å². The van der Waals surface area contributed by atoms with Crippen molar-refractivity contribution >= 4 is 34.0 Å². The second-order valence-corrected chi connectivity index (χ2v) is 1.86. The Morgan fingerprint density at radius 3 is 2.82 bits per heavy atom. The molecule has 58 valence electrons. The smallest absolute Gasteiger partial charge is 0.182 e. The Labute approximate surface area is 72.8 Å². The molecule has 0 unspecified atom stereocenters. The van der Waals surface area contributed by atoms with Crippen LogP contribution in [-0.4, -0.2) is 19.9 Å². The lowest BCUT2D eigenvalue weighted by molar-refractivity contribution is 1.21. The summed E-state index contributed by atoms with van der Waals surface area (Å²) in [5.74, 6) is 0.433. The van der Waals surface area contributed by atoms with Crippen molar-refractivity contribution in [3.8, 4) is 0 Å². The highest BCUT2D eigenvalue weighted by atomic mass is 79.9. The van der Waals surface area contributed by atoms with E-state index in [0.717, 1.165) is 0 Å². The third-order valence-corrected chi connectivity index (χ3v) is 1.25. The lowest BCUT2D eigenvalue weighted by atomic mass is 10.5. The molecule has 5 nitrogen and oxygen atoms in total. The molecule has 6 heteroatoms. The van der Waals surface area contributed by atoms with Crippen molar-refractivity contribution in [3.05, 3.63) is 12.7 Å². The molecule has 0 aliphatic heterocycles. The van der Waals surface area contributed by atoms with Crippen LogP contribution in [0.15, 0.2) is 12.7 Å². The molecule has 0 amide bonds. The Morgan fingerprint density at radius 1 is 1.27 bits per heavy atom. The number of hydrogen-bond acceptors (Lipinski definition) is 4. The van der Waals surface area contributed by atoms with Gasteiger partial charge in [0.15, 0.2) is 11.5 Å². The fraction of sp³-hybridized carbons (Fsp3) is 0. The van der Waals surface area contributed by atoms with E-state index in [4.69, 9.17) is 5.73 Å². The molecule has 0 aromatic carbocycles. The summed E-state index contributed by atoms with van der Waals surface area (Å²) in [5, 5.41) is 0. The third kappa shape index (κ3) is 1.16. The average molecular weight is 216 g/mol. The van der Waals surface area contributed by atoms with Gasteiger partial charge < -0.3 is 10.7 Å². The predicted octanol–water partition coefficient (Wildman–Crippen LogP) is 0.513. The highest BCUT2D eigenvalue weighted by Gasteiger charge is 1.99. The first-order valence-corrected chi connectivity index (χ1v) is 2.77. The van der Waals surface area contributed by atoms with Crippen LogP contribution in [0, 0.1) is 0 Å². The number of H-pyrrole nitrogens is 1. The summed E-state index contributed by atoms with van der Waals surface area (Å²) in [5.41, 5.74) is 6.78. The van der Waals surface area contributed by atoms with Gasteiger partial charge in [-0.2, -0.15) is 0 Å². The summed E-state index contributed by atoms with van der Waals surface area (Å²) >= 11 is 0. The minimum Gasteiger partial charge on any atom is -0.382 e. The highest BCUT2D eigenvalue weighted by molar-refractivity contribution is 8.93. The Morgan fingerprint density at radius 2 is 2.09 bits per heavy atom. The first kappa shape index (κ1) is 7.93. The first-order chi connectivity index (χ1) is 4.88. The summed E-state index contributed by atoms with van der Waals surface area (Å²) in [6, 6.07) is 0. The van der Waals surface area contributed by atoms with Crippen molar-refractivity contribution < 1.29 is 0 Å². The van der Waals surface area contributed by atoms with Gasteiger partial charge in [-0.1, -0.05) is 0 Å². The van der Waals surface area contributed by atoms with Crippen LogP contribution in [-0.2, 0) is 0 Å². The zero-order chi connectivity index (χ0) is 6.97. The van der Waals surface area contributed by atoms with Crippen LogP contribution < -0.4 is 5.73 Å². The van der Waals surface area contributed by atoms with Gasteiger partial charge in [0.1, 0.15) is 11.8 Å². The lowest BCUT2D eigenvalue weighted by Gasteiger charge is -1.89. The summed E-state index contributed by atoms with van der Waals surface area (Å²) in [7, 11) is 0. The third-order valence-electron chi connectivity index (χ3n) is 1.25. The van der Waals surface area contributed by atoms with Crippen molar-refractivity contribution in [2.24, 2.45) is 0 Å². The largest absolute Gasteiger partial charge is 0.382 e. The van der Waals surface area contributed by atoms with E-state index in [1.54, 1.807) is 0 Å². The van der Waals surface area contributed by atoms with Crippen LogP contribution in [0.25, 0.3) is 11.2 Å². The molecule has 0 bridgehead atoms. The maximum absolute atomic E-state index is 5.48. The lowest BCUT2D eigenvalue weighted by Crippen LogP contribution is -1.91. The number of rotatable bonds is 0. The maximum Gasteiger partial charge on any atom is 0.182 e. The van der Waals surface area contributed by atoms with Crippen LogP contribution in [0.1, 0.15) is 0 Å². The van der Waals surface area contributed by atoms with Crippen LogP contribution in [0.3, 0.4) is 0 Å². The van der Waals surface area contributed by atoms with E-state index in [1.165, 1.54) is 12.7 Å². The molecule has 2 rings (SSSR count). The number of nitrogens with two attached hydrogens (primary N) is 1. The summed E-state index contributed by atoms with van der Waals surface area (Å²) in [4.78, 5) is 14.4. The van der Waals surface area contributed by atoms with Gasteiger partial charge in [-0.3, -0.25) is 0 Å². The zero-order valence-electron chi connectivity index (χ0n) is 5.48. The molecule has 0 saturated heterocycles.